The van der Waals surface area contributed by atoms with Crippen LogP contribution in [0.4, 0.5) is 11.4 Å². The lowest BCUT2D eigenvalue weighted by Gasteiger charge is -2.43. The second kappa shape index (κ2) is 11.8. The van der Waals surface area contributed by atoms with Crippen molar-refractivity contribution >= 4 is 48.0 Å². The van der Waals surface area contributed by atoms with Crippen LogP contribution >= 0.6 is 11.6 Å². The molecule has 0 saturated carbocycles. The van der Waals surface area contributed by atoms with E-state index in [0.29, 0.717) is 24.3 Å². The van der Waals surface area contributed by atoms with Crippen LogP contribution in [0.25, 0.3) is 6.08 Å². The molecule has 2 fully saturated rings. The molecule has 2 heterocycles. The molecule has 10 nitrogen and oxygen atoms in total. The highest BCUT2D eigenvalue weighted by Crippen LogP contribution is 2.51. The van der Waals surface area contributed by atoms with Gasteiger partial charge in [-0.05, 0) is 79.4 Å². The summed E-state index contributed by atoms with van der Waals surface area (Å²) in [4.78, 5) is 39.2. The number of hydrogen-bond acceptors (Lipinski definition) is 8. The Bertz CT molecular complexity index is 1460. The van der Waals surface area contributed by atoms with Gasteiger partial charge in [0, 0.05) is 19.2 Å². The van der Waals surface area contributed by atoms with Gasteiger partial charge in [0.1, 0.15) is 5.75 Å². The number of amides is 2. The van der Waals surface area contributed by atoms with E-state index in [1.165, 1.54) is 30.3 Å². The van der Waals surface area contributed by atoms with Gasteiger partial charge >= 0.3 is 7.12 Å². The molecule has 0 unspecified atom stereocenters. The number of carbonyl (C=O) groups excluding carboxylic acids is 2. The number of nitro groups is 1. The van der Waals surface area contributed by atoms with Crippen molar-refractivity contribution in [1.29, 1.82) is 0 Å². The van der Waals surface area contributed by atoms with Gasteiger partial charge in [-0.25, -0.2) is 4.90 Å². The summed E-state index contributed by atoms with van der Waals surface area (Å²) in [5.74, 6) is -2.57. The van der Waals surface area contributed by atoms with E-state index in [9.17, 15) is 29.8 Å². The topological polar surface area (TPSA) is 139 Å². The number of phenolic OH excluding ortho intramolecular Hbond substituents is 1. The van der Waals surface area contributed by atoms with Crippen LogP contribution in [-0.4, -0.2) is 53.8 Å². The first kappa shape index (κ1) is 29.0. The second-order valence-corrected chi connectivity index (χ2v) is 11.2. The number of methoxy groups -OCH3 is 1. The molecule has 0 spiro atoms. The number of anilines is 1. The molecule has 2 aromatic rings. The Morgan fingerprint density at radius 2 is 2.02 bits per heavy atom. The lowest BCUT2D eigenvalue weighted by molar-refractivity contribution is -0.384. The van der Waals surface area contributed by atoms with Crippen molar-refractivity contribution in [3.63, 3.8) is 0 Å². The molecular formula is C29H30BClN2O8. The molecule has 3 aliphatic rings. The minimum Gasteiger partial charge on any atom is -0.508 e. The first-order valence-corrected chi connectivity index (χ1v) is 13.8. The molecule has 1 aliphatic carbocycles. The molecule has 5 rings (SSSR count). The molecule has 2 aromatic carbocycles. The summed E-state index contributed by atoms with van der Waals surface area (Å²) in [6.45, 7) is 2.21. The Kier molecular flexibility index (Phi) is 8.33. The summed E-state index contributed by atoms with van der Waals surface area (Å²) >= 11 is 6.26. The van der Waals surface area contributed by atoms with E-state index in [2.05, 4.69) is 0 Å². The molecule has 2 N–H and O–H groups in total. The summed E-state index contributed by atoms with van der Waals surface area (Å²) in [5, 5.41) is 32.1. The molecule has 0 radical (unpaired) electrons. The SMILES string of the molecule is COCC1=C2[C@@H](CC/C(C)=C/c3ccc(O)cc3Cl)OB(O)C[C@@H]2[C@@H]2C(=O)N(c3cccc([N+](=O)[O-])c3)C(=O)[C@@H]2C1. The van der Waals surface area contributed by atoms with E-state index in [1.807, 2.05) is 13.0 Å². The minimum atomic E-state index is -1.12. The zero-order valence-electron chi connectivity index (χ0n) is 22.7. The number of halogens is 1. The first-order valence-electron chi connectivity index (χ1n) is 13.4. The molecule has 0 aromatic heterocycles. The number of hydrogen-bond donors (Lipinski definition) is 2. The number of ether oxygens (including phenoxy) is 1. The maximum absolute atomic E-state index is 13.8. The zero-order chi connectivity index (χ0) is 29.4. The highest BCUT2D eigenvalue weighted by Gasteiger charge is 2.57. The van der Waals surface area contributed by atoms with Crippen molar-refractivity contribution in [2.75, 3.05) is 18.6 Å². The van der Waals surface area contributed by atoms with Gasteiger partial charge in [0.25, 0.3) is 5.69 Å². The van der Waals surface area contributed by atoms with Crippen molar-refractivity contribution < 1.29 is 34.0 Å². The van der Waals surface area contributed by atoms with Crippen LogP contribution in [0.15, 0.2) is 59.2 Å². The quantitative estimate of drug-likeness (QED) is 0.149. The number of nitro benzene ring substituents is 1. The van der Waals surface area contributed by atoms with E-state index in [-0.39, 0.29) is 30.1 Å². The molecule has 0 bridgehead atoms. The van der Waals surface area contributed by atoms with Crippen LogP contribution in [0, 0.1) is 27.9 Å². The van der Waals surface area contributed by atoms with Crippen molar-refractivity contribution in [2.24, 2.45) is 17.8 Å². The number of non-ortho nitro benzene ring substituents is 1. The zero-order valence-corrected chi connectivity index (χ0v) is 23.4. The van der Waals surface area contributed by atoms with Gasteiger partial charge in [-0.3, -0.25) is 19.7 Å². The van der Waals surface area contributed by atoms with Crippen LogP contribution in [-0.2, 0) is 19.0 Å². The van der Waals surface area contributed by atoms with Crippen LogP contribution in [0.1, 0.15) is 31.7 Å². The Balaban J connectivity index is 1.43. The number of fused-ring (bicyclic) bond motifs is 3. The molecule has 4 atom stereocenters. The normalized spacial score (nSPS) is 24.5. The number of carbonyl (C=O) groups is 2. The van der Waals surface area contributed by atoms with Gasteiger partial charge in [0.15, 0.2) is 0 Å². The minimum absolute atomic E-state index is 0.0812. The average molecular weight is 581 g/mol. The van der Waals surface area contributed by atoms with Crippen LogP contribution in [0.3, 0.4) is 0 Å². The number of benzene rings is 2. The third-order valence-corrected chi connectivity index (χ3v) is 8.44. The van der Waals surface area contributed by atoms with Crippen LogP contribution in [0.2, 0.25) is 11.3 Å². The highest BCUT2D eigenvalue weighted by atomic mass is 35.5. The Morgan fingerprint density at radius 1 is 1.24 bits per heavy atom. The lowest BCUT2D eigenvalue weighted by Crippen LogP contribution is -2.46. The third-order valence-electron chi connectivity index (χ3n) is 8.11. The van der Waals surface area contributed by atoms with Crippen molar-refractivity contribution in [3.8, 4) is 5.75 Å². The molecule has 2 saturated heterocycles. The Hall–Kier alpha value is -3.51. The number of imide groups is 1. The Morgan fingerprint density at radius 3 is 2.73 bits per heavy atom. The molecule has 214 valence electrons. The van der Waals surface area contributed by atoms with Gasteiger partial charge in [-0.1, -0.05) is 29.3 Å². The van der Waals surface area contributed by atoms with E-state index in [0.717, 1.165) is 27.2 Å². The number of rotatable bonds is 8. The molecular weight excluding hydrogens is 551 g/mol. The van der Waals surface area contributed by atoms with Gasteiger partial charge < -0.3 is 19.5 Å². The number of aromatic hydroxyl groups is 1. The predicted molar refractivity (Wildman–Crippen MR) is 153 cm³/mol. The number of phenols is 1. The fraction of sp³-hybridized carbons (Fsp3) is 0.379. The number of allylic oxidation sites excluding steroid dienone is 1. The summed E-state index contributed by atoms with van der Waals surface area (Å²) in [7, 11) is 0.440. The van der Waals surface area contributed by atoms with Gasteiger partial charge in [-0.15, -0.1) is 0 Å². The van der Waals surface area contributed by atoms with Crippen molar-refractivity contribution in [3.05, 3.63) is 79.9 Å². The summed E-state index contributed by atoms with van der Waals surface area (Å²) < 4.78 is 11.5. The first-order chi connectivity index (χ1) is 19.6. The summed E-state index contributed by atoms with van der Waals surface area (Å²) in [6.07, 6.45) is 3.00. The Labute approximate surface area is 242 Å². The highest BCUT2D eigenvalue weighted by molar-refractivity contribution is 6.43. The van der Waals surface area contributed by atoms with Crippen LogP contribution < -0.4 is 4.90 Å². The molecule has 2 aliphatic heterocycles. The van der Waals surface area contributed by atoms with Crippen LogP contribution in [0.5, 0.6) is 5.75 Å². The molecule has 2 amide bonds. The van der Waals surface area contributed by atoms with Gasteiger partial charge in [0.05, 0.1) is 40.2 Å². The summed E-state index contributed by atoms with van der Waals surface area (Å²) in [6, 6.07) is 10.3. The predicted octanol–water partition coefficient (Wildman–Crippen LogP) is 4.79. The lowest BCUT2D eigenvalue weighted by atomic mass is 9.58. The van der Waals surface area contributed by atoms with Crippen molar-refractivity contribution in [1.82, 2.24) is 0 Å². The largest absolute Gasteiger partial charge is 0.508 e. The maximum atomic E-state index is 13.8. The number of nitrogens with zero attached hydrogens (tertiary/aromatic N) is 2. The fourth-order valence-electron chi connectivity index (χ4n) is 6.40. The molecule has 41 heavy (non-hydrogen) atoms. The maximum Gasteiger partial charge on any atom is 0.455 e. The third kappa shape index (κ3) is 5.67. The second-order valence-electron chi connectivity index (χ2n) is 10.8. The fourth-order valence-corrected chi connectivity index (χ4v) is 6.63. The van der Waals surface area contributed by atoms with E-state index < -0.39 is 47.7 Å². The van der Waals surface area contributed by atoms with E-state index in [1.54, 1.807) is 19.2 Å². The standard InChI is InChI=1S/C29H30BClN2O8/c1-16(10-17-7-8-21(34)13-24(17)31)6-9-25-26-18(15-40-2)11-22-27(23(26)14-30(37)41-25)29(36)32(28(22)35)19-4-3-5-20(12-19)33(38)39/h3-5,7-8,10,12-13,22-23,25,27,34,37H,6,9,11,14-15H2,1-2H3/b16-10+/t22-,23+,25-,27-/m1/s1. The van der Waals surface area contributed by atoms with E-state index in [4.69, 9.17) is 21.0 Å². The molecule has 12 heteroatoms. The smallest absolute Gasteiger partial charge is 0.455 e. The van der Waals surface area contributed by atoms with E-state index >= 15 is 0 Å². The average Bonchev–Trinajstić information content (AvgIpc) is 3.18. The summed E-state index contributed by atoms with van der Waals surface area (Å²) in [5.41, 5.74) is 3.48. The monoisotopic (exact) mass is 580 g/mol. The van der Waals surface area contributed by atoms with Gasteiger partial charge in [0.2, 0.25) is 11.8 Å². The van der Waals surface area contributed by atoms with Gasteiger partial charge in [-0.2, -0.15) is 0 Å². The van der Waals surface area contributed by atoms with Crippen molar-refractivity contribution in [2.45, 2.75) is 38.6 Å².